The summed E-state index contributed by atoms with van der Waals surface area (Å²) in [6, 6.07) is 3.76. The summed E-state index contributed by atoms with van der Waals surface area (Å²) in [5.74, 6) is 0.768. The third kappa shape index (κ3) is 2.36. The predicted octanol–water partition coefficient (Wildman–Crippen LogP) is 2.66. The smallest absolute Gasteiger partial charge is 0.151 e. The number of nitrogen functional groups attached to an aromatic ring is 1. The van der Waals surface area contributed by atoms with Gasteiger partial charge in [0.25, 0.3) is 0 Å². The molecule has 0 spiro atoms. The highest BCUT2D eigenvalue weighted by molar-refractivity contribution is 9.10. The van der Waals surface area contributed by atoms with Crippen LogP contribution in [-0.2, 0) is 6.54 Å². The molecule has 0 saturated heterocycles. The zero-order valence-corrected chi connectivity index (χ0v) is 10.4. The number of furan rings is 1. The minimum atomic E-state index is 0.653. The fourth-order valence-corrected chi connectivity index (χ4v) is 1.85. The first kappa shape index (κ1) is 11.0. The lowest BCUT2D eigenvalue weighted by Crippen LogP contribution is -2.18. The Morgan fingerprint density at radius 3 is 3.00 bits per heavy atom. The van der Waals surface area contributed by atoms with E-state index in [1.807, 2.05) is 24.1 Å². The molecule has 84 valence electrons. The molecule has 0 atom stereocenters. The molecule has 2 aromatic heterocycles. The third-order valence-electron chi connectivity index (χ3n) is 2.22. The molecule has 0 radical (unpaired) electrons. The van der Waals surface area contributed by atoms with E-state index in [9.17, 15) is 0 Å². The fraction of sp³-hybridized carbons (Fsp3) is 0.182. The Kier molecular flexibility index (Phi) is 3.14. The van der Waals surface area contributed by atoms with Gasteiger partial charge in [-0.05, 0) is 28.1 Å². The minimum Gasteiger partial charge on any atom is -0.472 e. The lowest BCUT2D eigenvalue weighted by Gasteiger charge is -2.18. The summed E-state index contributed by atoms with van der Waals surface area (Å²) in [4.78, 5) is 6.26. The second-order valence-electron chi connectivity index (χ2n) is 3.55. The highest BCUT2D eigenvalue weighted by Gasteiger charge is 2.08. The molecule has 0 unspecified atom stereocenters. The van der Waals surface area contributed by atoms with Gasteiger partial charge in [0.15, 0.2) is 5.82 Å². The van der Waals surface area contributed by atoms with Crippen LogP contribution in [0.1, 0.15) is 5.56 Å². The molecular formula is C11H12BrN3O. The summed E-state index contributed by atoms with van der Waals surface area (Å²) in [7, 11) is 1.94. The molecule has 2 heterocycles. The van der Waals surface area contributed by atoms with Crippen LogP contribution in [0.5, 0.6) is 0 Å². The van der Waals surface area contributed by atoms with Crippen LogP contribution in [0.15, 0.2) is 39.7 Å². The predicted molar refractivity (Wildman–Crippen MR) is 67.2 cm³/mol. The Morgan fingerprint density at radius 1 is 1.56 bits per heavy atom. The van der Waals surface area contributed by atoms with E-state index in [4.69, 9.17) is 10.2 Å². The van der Waals surface area contributed by atoms with Gasteiger partial charge in [0.1, 0.15) is 0 Å². The number of halogens is 1. The van der Waals surface area contributed by atoms with E-state index in [-0.39, 0.29) is 0 Å². The summed E-state index contributed by atoms with van der Waals surface area (Å²) in [6.07, 6.45) is 5.10. The van der Waals surface area contributed by atoms with E-state index >= 15 is 0 Å². The molecule has 2 N–H and O–H groups in total. The van der Waals surface area contributed by atoms with Crippen LogP contribution in [0, 0.1) is 0 Å². The van der Waals surface area contributed by atoms with Crippen LogP contribution >= 0.6 is 15.9 Å². The van der Waals surface area contributed by atoms with Crippen LogP contribution in [0.3, 0.4) is 0 Å². The molecule has 2 aromatic rings. The topological polar surface area (TPSA) is 55.3 Å². The number of pyridine rings is 1. The van der Waals surface area contributed by atoms with Crippen molar-refractivity contribution in [1.29, 1.82) is 0 Å². The maximum Gasteiger partial charge on any atom is 0.151 e. The maximum absolute atomic E-state index is 5.89. The first-order valence-electron chi connectivity index (χ1n) is 4.80. The van der Waals surface area contributed by atoms with Gasteiger partial charge in [-0.3, -0.25) is 0 Å². The van der Waals surface area contributed by atoms with Crippen molar-refractivity contribution >= 4 is 27.4 Å². The maximum atomic E-state index is 5.89. The molecule has 0 amide bonds. The van der Waals surface area contributed by atoms with Gasteiger partial charge < -0.3 is 15.1 Å². The van der Waals surface area contributed by atoms with Gasteiger partial charge >= 0.3 is 0 Å². The van der Waals surface area contributed by atoms with Crippen molar-refractivity contribution < 1.29 is 4.42 Å². The van der Waals surface area contributed by atoms with Crippen molar-refractivity contribution in [3.8, 4) is 0 Å². The SMILES string of the molecule is CN(Cc1ccoc1)c1ncc(Br)cc1N. The van der Waals surface area contributed by atoms with E-state index in [0.29, 0.717) is 5.69 Å². The largest absolute Gasteiger partial charge is 0.472 e. The Hall–Kier alpha value is -1.49. The monoisotopic (exact) mass is 281 g/mol. The molecule has 0 aliphatic rings. The van der Waals surface area contributed by atoms with Crippen molar-refractivity contribution in [2.45, 2.75) is 6.54 Å². The molecule has 5 heteroatoms. The minimum absolute atomic E-state index is 0.653. The van der Waals surface area contributed by atoms with Crippen molar-refractivity contribution in [2.24, 2.45) is 0 Å². The molecular weight excluding hydrogens is 270 g/mol. The molecule has 0 aliphatic heterocycles. The van der Waals surface area contributed by atoms with Gasteiger partial charge in [0.2, 0.25) is 0 Å². The van der Waals surface area contributed by atoms with Crippen molar-refractivity contribution in [3.05, 3.63) is 40.9 Å². The molecule has 0 saturated carbocycles. The van der Waals surface area contributed by atoms with Crippen LogP contribution in [0.4, 0.5) is 11.5 Å². The van der Waals surface area contributed by atoms with Crippen LogP contribution in [-0.4, -0.2) is 12.0 Å². The second kappa shape index (κ2) is 4.57. The Bertz CT molecular complexity index is 470. The van der Waals surface area contributed by atoms with Gasteiger partial charge in [-0.1, -0.05) is 0 Å². The average molecular weight is 282 g/mol. The number of nitrogens with two attached hydrogens (primary N) is 1. The van der Waals surface area contributed by atoms with Gasteiger partial charge in [0, 0.05) is 29.8 Å². The normalized spacial score (nSPS) is 10.4. The highest BCUT2D eigenvalue weighted by Crippen LogP contribution is 2.23. The van der Waals surface area contributed by atoms with E-state index in [0.717, 1.165) is 22.4 Å². The quantitative estimate of drug-likeness (QED) is 0.940. The lowest BCUT2D eigenvalue weighted by molar-refractivity contribution is 0.563. The summed E-state index contributed by atoms with van der Waals surface area (Å²) in [6.45, 7) is 0.718. The highest BCUT2D eigenvalue weighted by atomic mass is 79.9. The summed E-state index contributed by atoms with van der Waals surface area (Å²) in [5.41, 5.74) is 7.64. The molecule has 16 heavy (non-hydrogen) atoms. The summed E-state index contributed by atoms with van der Waals surface area (Å²) < 4.78 is 5.89. The zero-order chi connectivity index (χ0) is 11.5. The number of hydrogen-bond donors (Lipinski definition) is 1. The second-order valence-corrected chi connectivity index (χ2v) is 4.47. The number of nitrogens with zero attached hydrogens (tertiary/aromatic N) is 2. The number of aromatic nitrogens is 1. The summed E-state index contributed by atoms with van der Waals surface area (Å²) >= 11 is 3.33. The Morgan fingerprint density at radius 2 is 2.38 bits per heavy atom. The van der Waals surface area contributed by atoms with Gasteiger partial charge in [-0.2, -0.15) is 0 Å². The van der Waals surface area contributed by atoms with Crippen molar-refractivity contribution in [3.63, 3.8) is 0 Å². The summed E-state index contributed by atoms with van der Waals surface area (Å²) in [5, 5.41) is 0. The number of hydrogen-bond acceptors (Lipinski definition) is 4. The molecule has 0 bridgehead atoms. The molecule has 0 fully saturated rings. The van der Waals surface area contributed by atoms with Crippen LogP contribution in [0.25, 0.3) is 0 Å². The zero-order valence-electron chi connectivity index (χ0n) is 8.85. The van der Waals surface area contributed by atoms with E-state index < -0.39 is 0 Å². The van der Waals surface area contributed by atoms with Crippen molar-refractivity contribution in [2.75, 3.05) is 17.7 Å². The molecule has 0 aliphatic carbocycles. The van der Waals surface area contributed by atoms with Crippen LogP contribution in [0.2, 0.25) is 0 Å². The fourth-order valence-electron chi connectivity index (χ4n) is 1.50. The third-order valence-corrected chi connectivity index (χ3v) is 2.66. The Labute approximate surface area is 102 Å². The molecule has 0 aromatic carbocycles. The van der Waals surface area contributed by atoms with E-state index in [1.165, 1.54) is 0 Å². The molecule has 4 nitrogen and oxygen atoms in total. The van der Waals surface area contributed by atoms with Gasteiger partial charge in [-0.15, -0.1) is 0 Å². The van der Waals surface area contributed by atoms with Gasteiger partial charge in [-0.25, -0.2) is 4.98 Å². The first-order chi connectivity index (χ1) is 7.66. The standard InChI is InChI=1S/C11H12BrN3O/c1-15(6-8-2-3-16-7-8)11-10(13)4-9(12)5-14-11/h2-5,7H,6,13H2,1H3. The average Bonchev–Trinajstić information content (AvgIpc) is 2.70. The first-order valence-corrected chi connectivity index (χ1v) is 5.59. The van der Waals surface area contributed by atoms with Gasteiger partial charge in [0.05, 0.1) is 18.2 Å². The number of anilines is 2. The van der Waals surface area contributed by atoms with Crippen molar-refractivity contribution in [1.82, 2.24) is 4.98 Å². The van der Waals surface area contributed by atoms with E-state index in [1.54, 1.807) is 18.7 Å². The number of rotatable bonds is 3. The van der Waals surface area contributed by atoms with E-state index in [2.05, 4.69) is 20.9 Å². The molecule has 2 rings (SSSR count). The lowest BCUT2D eigenvalue weighted by atomic mass is 10.3. The Balaban J connectivity index is 2.17. The van der Waals surface area contributed by atoms with Crippen LogP contribution < -0.4 is 10.6 Å².